The Bertz CT molecular complexity index is 1870. The minimum Gasteiger partial charge on any atom is -0.496 e. The van der Waals surface area contributed by atoms with Crippen LogP contribution in [0.1, 0.15) is 31.2 Å². The number of thiazole rings is 1. The summed E-state index contributed by atoms with van der Waals surface area (Å²) in [4.78, 5) is 42.8. The molecule has 10 nitrogen and oxygen atoms in total. The van der Waals surface area contributed by atoms with Crippen LogP contribution in [0.5, 0.6) is 5.75 Å². The zero-order valence-corrected chi connectivity index (χ0v) is 23.1. The smallest absolute Gasteiger partial charge is 0.338 e. The molecule has 0 amide bonds. The zero-order chi connectivity index (χ0) is 28.6. The number of benzene rings is 2. The van der Waals surface area contributed by atoms with E-state index in [-0.39, 0.29) is 34.2 Å². The number of nitro benzene ring substituents is 1. The molecule has 3 heterocycles. The van der Waals surface area contributed by atoms with Crippen molar-refractivity contribution >= 4 is 40.7 Å². The third-order valence-corrected chi connectivity index (χ3v) is 7.49. The van der Waals surface area contributed by atoms with E-state index in [1.54, 1.807) is 50.2 Å². The summed E-state index contributed by atoms with van der Waals surface area (Å²) >= 11 is 7.06. The average Bonchev–Trinajstić information content (AvgIpc) is 3.52. The van der Waals surface area contributed by atoms with E-state index in [1.165, 1.54) is 36.0 Å². The number of carbonyl (C=O) groups is 1. The highest BCUT2D eigenvalue weighted by atomic mass is 35.5. The summed E-state index contributed by atoms with van der Waals surface area (Å²) in [5, 5.41) is 11.8. The van der Waals surface area contributed by atoms with Crippen LogP contribution in [0.2, 0.25) is 5.02 Å². The first kappa shape index (κ1) is 27.1. The number of para-hydroxylation sites is 1. The maximum atomic E-state index is 13.8. The topological polar surface area (TPSA) is 126 Å². The molecule has 0 N–H and O–H groups in total. The molecule has 12 heteroatoms. The van der Waals surface area contributed by atoms with Crippen LogP contribution >= 0.6 is 22.9 Å². The second-order valence-corrected chi connectivity index (χ2v) is 10.1. The van der Waals surface area contributed by atoms with Crippen LogP contribution in [-0.4, -0.2) is 29.2 Å². The monoisotopic (exact) mass is 579 g/mol. The molecule has 1 unspecified atom stereocenters. The molecular formula is C28H22ClN3O7S. The number of methoxy groups -OCH3 is 1. The molecule has 0 saturated carbocycles. The molecule has 0 bridgehead atoms. The lowest BCUT2D eigenvalue weighted by Gasteiger charge is -2.25. The molecule has 0 fully saturated rings. The standard InChI is InChI=1S/C28H22ClN3O7S/c1-4-38-27(34)24-15(2)30-28-31(25(24)19-7-5-6-8-21(19)37-3)26(33)23(40-28)14-17-10-12-22(39-17)18-11-9-16(29)13-20(18)32(35)36/h5-14,25H,4H2,1-3H3/b23-14+. The van der Waals surface area contributed by atoms with Gasteiger partial charge in [0.1, 0.15) is 23.3 Å². The number of aromatic nitrogens is 1. The van der Waals surface area contributed by atoms with Crippen molar-refractivity contribution in [2.45, 2.75) is 19.9 Å². The van der Waals surface area contributed by atoms with Gasteiger partial charge in [-0.05, 0) is 44.2 Å². The summed E-state index contributed by atoms with van der Waals surface area (Å²) in [5.74, 6) is 0.474. The Morgan fingerprint density at radius 3 is 2.75 bits per heavy atom. The minimum atomic E-state index is -0.836. The number of furan rings is 1. The number of nitro groups is 1. The molecular weight excluding hydrogens is 558 g/mol. The van der Waals surface area contributed by atoms with Crippen LogP contribution in [0.25, 0.3) is 17.4 Å². The van der Waals surface area contributed by atoms with Crippen molar-refractivity contribution in [3.8, 4) is 17.1 Å². The third kappa shape index (κ3) is 4.85. The Balaban J connectivity index is 1.66. The van der Waals surface area contributed by atoms with Gasteiger partial charge in [0.05, 0.1) is 40.0 Å². The molecule has 1 aliphatic heterocycles. The summed E-state index contributed by atoms with van der Waals surface area (Å²) in [6, 6.07) is 13.8. The van der Waals surface area contributed by atoms with Crippen LogP contribution < -0.4 is 19.6 Å². The molecule has 40 heavy (non-hydrogen) atoms. The van der Waals surface area contributed by atoms with Crippen molar-refractivity contribution in [3.05, 3.63) is 112 Å². The predicted molar refractivity (Wildman–Crippen MR) is 149 cm³/mol. The fourth-order valence-electron chi connectivity index (χ4n) is 4.55. The first-order valence-corrected chi connectivity index (χ1v) is 13.3. The Kier molecular flexibility index (Phi) is 7.42. The van der Waals surface area contributed by atoms with E-state index in [0.717, 1.165) is 11.3 Å². The van der Waals surface area contributed by atoms with Gasteiger partial charge in [-0.1, -0.05) is 41.1 Å². The number of nitrogens with zero attached hydrogens (tertiary/aromatic N) is 3. The van der Waals surface area contributed by atoms with E-state index in [0.29, 0.717) is 32.1 Å². The van der Waals surface area contributed by atoms with Gasteiger partial charge in [-0.3, -0.25) is 19.5 Å². The Morgan fingerprint density at radius 1 is 1.25 bits per heavy atom. The van der Waals surface area contributed by atoms with Crippen LogP contribution in [0, 0.1) is 10.1 Å². The van der Waals surface area contributed by atoms with Crippen molar-refractivity contribution in [1.82, 2.24) is 4.57 Å². The highest BCUT2D eigenvalue weighted by Crippen LogP contribution is 2.36. The SMILES string of the molecule is CCOC(=O)C1=C(C)N=c2s/c(=C/c3ccc(-c4ccc(Cl)cc4[N+](=O)[O-])o3)c(=O)n2C1c1ccccc1OC. The third-order valence-electron chi connectivity index (χ3n) is 6.27. The van der Waals surface area contributed by atoms with Gasteiger partial charge in [0, 0.05) is 22.7 Å². The van der Waals surface area contributed by atoms with Crippen LogP contribution in [-0.2, 0) is 9.53 Å². The molecule has 5 rings (SSSR count). The average molecular weight is 580 g/mol. The van der Waals surface area contributed by atoms with Crippen molar-refractivity contribution in [1.29, 1.82) is 0 Å². The van der Waals surface area contributed by atoms with Crippen molar-refractivity contribution in [2.75, 3.05) is 13.7 Å². The van der Waals surface area contributed by atoms with E-state index in [9.17, 15) is 19.7 Å². The van der Waals surface area contributed by atoms with Crippen molar-refractivity contribution < 1.29 is 23.6 Å². The lowest BCUT2D eigenvalue weighted by atomic mass is 9.95. The van der Waals surface area contributed by atoms with E-state index in [1.807, 2.05) is 0 Å². The molecule has 0 spiro atoms. The zero-order valence-electron chi connectivity index (χ0n) is 21.5. The molecule has 2 aromatic heterocycles. The number of allylic oxidation sites excluding steroid dienone is 1. The van der Waals surface area contributed by atoms with Crippen LogP contribution in [0.4, 0.5) is 5.69 Å². The lowest BCUT2D eigenvalue weighted by Crippen LogP contribution is -2.40. The van der Waals surface area contributed by atoms with Crippen molar-refractivity contribution in [2.24, 2.45) is 4.99 Å². The molecule has 0 aliphatic carbocycles. The quantitative estimate of drug-likeness (QED) is 0.177. The predicted octanol–water partition coefficient (Wildman–Crippen LogP) is 4.63. The largest absolute Gasteiger partial charge is 0.496 e. The van der Waals surface area contributed by atoms with Gasteiger partial charge in [0.15, 0.2) is 4.80 Å². The molecule has 0 radical (unpaired) electrons. The molecule has 1 aliphatic rings. The van der Waals surface area contributed by atoms with Gasteiger partial charge in [-0.2, -0.15) is 0 Å². The molecule has 204 valence electrons. The Morgan fingerprint density at radius 2 is 2.02 bits per heavy atom. The first-order chi connectivity index (χ1) is 19.2. The first-order valence-electron chi connectivity index (χ1n) is 12.1. The number of halogens is 1. The molecule has 0 saturated heterocycles. The number of rotatable bonds is 7. The number of hydrogen-bond acceptors (Lipinski definition) is 9. The summed E-state index contributed by atoms with van der Waals surface area (Å²) in [5.41, 5.74) is 0.917. The normalized spacial score (nSPS) is 15.0. The van der Waals surface area contributed by atoms with Gasteiger partial charge in [0.2, 0.25) is 0 Å². The van der Waals surface area contributed by atoms with Crippen LogP contribution in [0.15, 0.2) is 80.1 Å². The maximum absolute atomic E-state index is 13.8. The second kappa shape index (κ2) is 10.9. The number of esters is 1. The maximum Gasteiger partial charge on any atom is 0.338 e. The van der Waals surface area contributed by atoms with E-state index in [4.69, 9.17) is 25.5 Å². The lowest BCUT2D eigenvalue weighted by molar-refractivity contribution is -0.384. The van der Waals surface area contributed by atoms with Gasteiger partial charge in [0.25, 0.3) is 11.2 Å². The van der Waals surface area contributed by atoms with Gasteiger partial charge < -0.3 is 13.9 Å². The van der Waals surface area contributed by atoms with Gasteiger partial charge in [-0.25, -0.2) is 9.79 Å². The summed E-state index contributed by atoms with van der Waals surface area (Å²) in [7, 11) is 1.52. The fraction of sp³-hybridized carbons (Fsp3) is 0.179. The number of hydrogen-bond donors (Lipinski definition) is 0. The highest BCUT2D eigenvalue weighted by molar-refractivity contribution is 7.07. The fourth-order valence-corrected chi connectivity index (χ4v) is 5.74. The van der Waals surface area contributed by atoms with E-state index in [2.05, 4.69) is 4.99 Å². The van der Waals surface area contributed by atoms with Gasteiger partial charge in [-0.15, -0.1) is 0 Å². The summed E-state index contributed by atoms with van der Waals surface area (Å²) in [6.07, 6.45) is 1.54. The summed E-state index contributed by atoms with van der Waals surface area (Å²) < 4.78 is 18.5. The number of carbonyl (C=O) groups excluding carboxylic acids is 1. The van der Waals surface area contributed by atoms with E-state index < -0.39 is 22.5 Å². The number of ether oxygens (including phenoxy) is 2. The second-order valence-electron chi connectivity index (χ2n) is 8.66. The van der Waals surface area contributed by atoms with Crippen LogP contribution in [0.3, 0.4) is 0 Å². The molecule has 1 atom stereocenters. The number of fused-ring (bicyclic) bond motifs is 1. The molecule has 2 aromatic carbocycles. The summed E-state index contributed by atoms with van der Waals surface area (Å²) in [6.45, 7) is 3.56. The molecule has 4 aromatic rings. The minimum absolute atomic E-state index is 0.158. The highest BCUT2D eigenvalue weighted by Gasteiger charge is 2.35. The Hall–Kier alpha value is -4.48. The Labute approximate surface area is 236 Å². The van der Waals surface area contributed by atoms with Crippen molar-refractivity contribution in [3.63, 3.8) is 0 Å². The van der Waals surface area contributed by atoms with Gasteiger partial charge >= 0.3 is 5.97 Å². The van der Waals surface area contributed by atoms with E-state index >= 15 is 0 Å².